The van der Waals surface area contributed by atoms with Gasteiger partial charge in [-0.2, -0.15) is 0 Å². The van der Waals surface area contributed by atoms with Crippen LogP contribution < -0.4 is 4.72 Å². The lowest BCUT2D eigenvalue weighted by Crippen LogP contribution is -2.24. The predicted octanol–water partition coefficient (Wildman–Crippen LogP) is 2.06. The molecule has 0 bridgehead atoms. The van der Waals surface area contributed by atoms with Crippen molar-refractivity contribution in [3.05, 3.63) is 46.1 Å². The molecule has 0 saturated carbocycles. The number of thiazole rings is 1. The zero-order chi connectivity index (χ0) is 15.5. The molecule has 6 nitrogen and oxygen atoms in total. The van der Waals surface area contributed by atoms with Gasteiger partial charge in [0.15, 0.2) is 9.90 Å². The van der Waals surface area contributed by atoms with Gasteiger partial charge in [0.2, 0.25) is 0 Å². The highest BCUT2D eigenvalue weighted by atomic mass is 35.5. The number of carbonyl (C=O) groups excluding carboxylic acids is 1. The Morgan fingerprint density at radius 2 is 2.24 bits per heavy atom. The zero-order valence-corrected chi connectivity index (χ0v) is 13.3. The first kappa shape index (κ1) is 15.9. The maximum Gasteiger partial charge on any atom is 0.358 e. The van der Waals surface area contributed by atoms with Crippen LogP contribution in [-0.2, 0) is 21.3 Å². The third-order valence-electron chi connectivity index (χ3n) is 2.51. The van der Waals surface area contributed by atoms with Gasteiger partial charge >= 0.3 is 5.97 Å². The SMILES string of the molecule is COC(=O)c1ncsc1S(=O)(=O)NCc1cccc(Cl)c1. The van der Waals surface area contributed by atoms with Gasteiger partial charge in [0.1, 0.15) is 0 Å². The molecule has 0 aliphatic rings. The zero-order valence-electron chi connectivity index (χ0n) is 10.9. The summed E-state index contributed by atoms with van der Waals surface area (Å²) in [5.41, 5.74) is 1.76. The van der Waals surface area contributed by atoms with Crippen molar-refractivity contribution >= 4 is 38.9 Å². The summed E-state index contributed by atoms with van der Waals surface area (Å²) in [5.74, 6) is -0.792. The van der Waals surface area contributed by atoms with Crippen LogP contribution in [0.2, 0.25) is 5.02 Å². The first-order valence-corrected chi connectivity index (χ1v) is 8.44. The number of carbonyl (C=O) groups is 1. The lowest BCUT2D eigenvalue weighted by atomic mass is 10.2. The highest BCUT2D eigenvalue weighted by molar-refractivity contribution is 7.91. The quantitative estimate of drug-likeness (QED) is 0.837. The van der Waals surface area contributed by atoms with Crippen LogP contribution in [0.3, 0.4) is 0 Å². The first-order valence-electron chi connectivity index (χ1n) is 5.70. The number of hydrogen-bond donors (Lipinski definition) is 1. The fraction of sp³-hybridized carbons (Fsp3) is 0.167. The number of benzene rings is 1. The summed E-state index contributed by atoms with van der Waals surface area (Å²) in [7, 11) is -2.69. The van der Waals surface area contributed by atoms with Crippen molar-refractivity contribution in [3.8, 4) is 0 Å². The Morgan fingerprint density at radius 1 is 1.48 bits per heavy atom. The number of esters is 1. The Hall–Kier alpha value is -1.48. The molecule has 21 heavy (non-hydrogen) atoms. The summed E-state index contributed by atoms with van der Waals surface area (Å²) in [5, 5.41) is 0.514. The Labute approximate surface area is 130 Å². The molecular formula is C12H11ClN2O4S2. The monoisotopic (exact) mass is 346 g/mol. The molecule has 0 unspecified atom stereocenters. The molecule has 1 aromatic heterocycles. The summed E-state index contributed by atoms with van der Waals surface area (Å²) in [6.07, 6.45) is 0. The van der Waals surface area contributed by atoms with Crippen LogP contribution in [0.4, 0.5) is 0 Å². The van der Waals surface area contributed by atoms with Crippen molar-refractivity contribution in [2.75, 3.05) is 7.11 Å². The number of nitrogens with zero attached hydrogens (tertiary/aromatic N) is 1. The minimum Gasteiger partial charge on any atom is -0.464 e. The number of nitrogens with one attached hydrogen (secondary N) is 1. The van der Waals surface area contributed by atoms with Gasteiger partial charge in [-0.3, -0.25) is 0 Å². The highest BCUT2D eigenvalue weighted by Gasteiger charge is 2.26. The smallest absolute Gasteiger partial charge is 0.358 e. The minimum atomic E-state index is -3.85. The molecule has 0 aliphatic carbocycles. The van der Waals surface area contributed by atoms with Crippen LogP contribution in [0.5, 0.6) is 0 Å². The molecule has 0 atom stereocenters. The van der Waals surface area contributed by atoms with Gasteiger partial charge in [0.05, 0.1) is 12.6 Å². The lowest BCUT2D eigenvalue weighted by Gasteiger charge is -2.06. The van der Waals surface area contributed by atoms with Crippen molar-refractivity contribution in [1.82, 2.24) is 9.71 Å². The van der Waals surface area contributed by atoms with E-state index in [9.17, 15) is 13.2 Å². The molecule has 0 spiro atoms. The van der Waals surface area contributed by atoms with E-state index in [0.29, 0.717) is 10.6 Å². The second kappa shape index (κ2) is 6.52. The molecular weight excluding hydrogens is 336 g/mol. The second-order valence-corrected chi connectivity index (χ2v) is 7.19. The summed E-state index contributed by atoms with van der Waals surface area (Å²) >= 11 is 6.68. The number of ether oxygens (including phenoxy) is 1. The molecule has 1 N–H and O–H groups in total. The third-order valence-corrected chi connectivity index (χ3v) is 5.52. The summed E-state index contributed by atoms with van der Waals surface area (Å²) in [4.78, 5) is 15.2. The van der Waals surface area contributed by atoms with Crippen molar-refractivity contribution < 1.29 is 17.9 Å². The van der Waals surface area contributed by atoms with Crippen LogP contribution in [0.25, 0.3) is 0 Å². The topological polar surface area (TPSA) is 85.4 Å². The molecule has 1 heterocycles. The number of sulfonamides is 1. The Bertz CT molecular complexity index is 758. The molecule has 2 rings (SSSR count). The number of halogens is 1. The highest BCUT2D eigenvalue weighted by Crippen LogP contribution is 2.21. The van der Waals surface area contributed by atoms with Crippen molar-refractivity contribution in [2.45, 2.75) is 10.8 Å². The van der Waals surface area contributed by atoms with E-state index < -0.39 is 16.0 Å². The van der Waals surface area contributed by atoms with Gasteiger partial charge in [-0.25, -0.2) is 22.9 Å². The largest absolute Gasteiger partial charge is 0.464 e. The summed E-state index contributed by atoms with van der Waals surface area (Å²) in [6, 6.07) is 6.80. The van der Waals surface area contributed by atoms with Gasteiger partial charge in [-0.05, 0) is 17.7 Å². The van der Waals surface area contributed by atoms with Crippen LogP contribution in [0.15, 0.2) is 34.0 Å². The van der Waals surface area contributed by atoms with Crippen molar-refractivity contribution in [2.24, 2.45) is 0 Å². The van der Waals surface area contributed by atoms with Gasteiger partial charge in [0.25, 0.3) is 10.0 Å². The summed E-state index contributed by atoms with van der Waals surface area (Å²) < 4.78 is 31.2. The Morgan fingerprint density at radius 3 is 2.90 bits per heavy atom. The Kier molecular flexibility index (Phi) is 4.94. The van der Waals surface area contributed by atoms with Gasteiger partial charge in [-0.15, -0.1) is 11.3 Å². The lowest BCUT2D eigenvalue weighted by molar-refractivity contribution is 0.0590. The average Bonchev–Trinajstić information content (AvgIpc) is 2.95. The number of aromatic nitrogens is 1. The molecule has 112 valence electrons. The van der Waals surface area contributed by atoms with Crippen LogP contribution in [-0.4, -0.2) is 26.5 Å². The molecule has 0 aliphatic heterocycles. The minimum absolute atomic E-state index is 0.0570. The second-order valence-electron chi connectivity index (χ2n) is 3.93. The molecule has 0 saturated heterocycles. The van der Waals surface area contributed by atoms with E-state index >= 15 is 0 Å². The van der Waals surface area contributed by atoms with Crippen molar-refractivity contribution in [3.63, 3.8) is 0 Å². The van der Waals surface area contributed by atoms with E-state index in [1.165, 1.54) is 5.51 Å². The standard InChI is InChI=1S/C12H11ClN2O4S2/c1-19-11(16)10-12(20-7-14-10)21(17,18)15-6-8-3-2-4-9(13)5-8/h2-5,7,15H,6H2,1H3. The van der Waals surface area contributed by atoms with E-state index in [4.69, 9.17) is 11.6 Å². The first-order chi connectivity index (χ1) is 9.94. The van der Waals surface area contributed by atoms with Crippen molar-refractivity contribution in [1.29, 1.82) is 0 Å². The van der Waals surface area contributed by atoms with E-state index in [-0.39, 0.29) is 16.4 Å². The number of rotatable bonds is 5. The maximum absolute atomic E-state index is 12.2. The summed E-state index contributed by atoms with van der Waals surface area (Å²) in [6.45, 7) is 0.0570. The molecule has 0 radical (unpaired) electrons. The van der Waals surface area contributed by atoms with Gasteiger partial charge in [0, 0.05) is 11.6 Å². The van der Waals surface area contributed by atoms with Crippen LogP contribution >= 0.6 is 22.9 Å². The van der Waals surface area contributed by atoms with E-state index in [1.807, 2.05) is 0 Å². The average molecular weight is 347 g/mol. The van der Waals surface area contributed by atoms with Crippen LogP contribution in [0.1, 0.15) is 16.1 Å². The Balaban J connectivity index is 2.19. The maximum atomic E-state index is 12.2. The molecule has 0 amide bonds. The third kappa shape index (κ3) is 3.79. The molecule has 2 aromatic rings. The van der Waals surface area contributed by atoms with E-state index in [0.717, 1.165) is 18.4 Å². The normalized spacial score (nSPS) is 11.3. The van der Waals surface area contributed by atoms with Crippen LogP contribution in [0, 0.1) is 0 Å². The fourth-order valence-electron chi connectivity index (χ4n) is 1.55. The van der Waals surface area contributed by atoms with E-state index in [1.54, 1.807) is 24.3 Å². The van der Waals surface area contributed by atoms with Gasteiger partial charge in [-0.1, -0.05) is 23.7 Å². The number of hydrogen-bond acceptors (Lipinski definition) is 6. The molecule has 1 aromatic carbocycles. The number of methoxy groups -OCH3 is 1. The van der Waals surface area contributed by atoms with E-state index in [2.05, 4.69) is 14.4 Å². The molecule has 9 heteroatoms. The fourth-order valence-corrected chi connectivity index (χ4v) is 3.95. The van der Waals surface area contributed by atoms with Gasteiger partial charge < -0.3 is 4.74 Å². The predicted molar refractivity (Wildman–Crippen MR) is 78.9 cm³/mol. The molecule has 0 fully saturated rings.